The van der Waals surface area contributed by atoms with Gasteiger partial charge in [0.1, 0.15) is 10.6 Å². The van der Waals surface area contributed by atoms with E-state index < -0.39 is 16.6 Å². The molecule has 0 aliphatic rings. The molecular formula is C11H15N3O3S2. The highest BCUT2D eigenvalue weighted by atomic mass is 32.2. The molecule has 0 bridgehead atoms. The summed E-state index contributed by atoms with van der Waals surface area (Å²) in [4.78, 5) is 1.000. The first-order valence-electron chi connectivity index (χ1n) is 5.63. The van der Waals surface area contributed by atoms with Gasteiger partial charge in [-0.05, 0) is 30.9 Å². The summed E-state index contributed by atoms with van der Waals surface area (Å²) in [6, 6.07) is 1.94. The lowest BCUT2D eigenvalue weighted by Gasteiger charge is -2.07. The zero-order valence-corrected chi connectivity index (χ0v) is 12.2. The molecule has 0 atom stereocenters. The van der Waals surface area contributed by atoms with Crippen LogP contribution in [0.2, 0.25) is 0 Å². The number of aromatic nitrogens is 2. The molecule has 8 heteroatoms. The number of aromatic amines is 1. The number of H-pyrrole nitrogens is 1. The Kier molecular flexibility index (Phi) is 4.04. The van der Waals surface area contributed by atoms with Crippen LogP contribution >= 0.6 is 11.3 Å². The van der Waals surface area contributed by atoms with E-state index in [1.54, 1.807) is 6.92 Å². The van der Waals surface area contributed by atoms with Crippen molar-refractivity contribution in [2.45, 2.75) is 31.9 Å². The summed E-state index contributed by atoms with van der Waals surface area (Å²) in [5.41, 5.74) is 1.60. The fourth-order valence-electron chi connectivity index (χ4n) is 1.75. The van der Waals surface area contributed by atoms with Crippen molar-refractivity contribution < 1.29 is 13.5 Å². The Balaban J connectivity index is 2.23. The van der Waals surface area contributed by atoms with Gasteiger partial charge in [-0.3, -0.25) is 5.10 Å². The van der Waals surface area contributed by atoms with Gasteiger partial charge in [-0.15, -0.1) is 11.3 Å². The van der Waals surface area contributed by atoms with E-state index in [9.17, 15) is 8.42 Å². The number of aliphatic hydroxyl groups is 1. The molecule has 0 amide bonds. The number of aryl methyl sites for hydroxylation is 2. The zero-order chi connectivity index (χ0) is 14.0. The van der Waals surface area contributed by atoms with Gasteiger partial charge in [0.15, 0.2) is 0 Å². The van der Waals surface area contributed by atoms with Gasteiger partial charge in [0.2, 0.25) is 10.0 Å². The van der Waals surface area contributed by atoms with Crippen molar-refractivity contribution in [3.63, 3.8) is 0 Å². The highest BCUT2D eigenvalue weighted by Gasteiger charge is 2.23. The maximum Gasteiger partial charge on any atom is 0.244 e. The van der Waals surface area contributed by atoms with Gasteiger partial charge >= 0.3 is 0 Å². The predicted octanol–water partition coefficient (Wildman–Crippen LogP) is 1.06. The minimum absolute atomic E-state index is 0.0317. The molecule has 0 fully saturated rings. The predicted molar refractivity (Wildman–Crippen MR) is 72.3 cm³/mol. The van der Waals surface area contributed by atoms with Gasteiger partial charge in [0.25, 0.3) is 0 Å². The van der Waals surface area contributed by atoms with E-state index in [1.165, 1.54) is 11.3 Å². The largest absolute Gasteiger partial charge is 0.390 e. The number of aliphatic hydroxyl groups excluding tert-OH is 1. The highest BCUT2D eigenvalue weighted by Crippen LogP contribution is 2.20. The molecule has 0 radical (unpaired) electrons. The molecule has 6 nitrogen and oxygen atoms in total. The van der Waals surface area contributed by atoms with Gasteiger partial charge in [0.05, 0.1) is 12.3 Å². The highest BCUT2D eigenvalue weighted by molar-refractivity contribution is 7.89. The Hall–Kier alpha value is -1.22. The summed E-state index contributed by atoms with van der Waals surface area (Å²) < 4.78 is 27.0. The molecule has 0 aliphatic heterocycles. The molecule has 0 unspecified atom stereocenters. The molecule has 0 spiro atoms. The van der Waals surface area contributed by atoms with Crippen molar-refractivity contribution in [3.8, 4) is 0 Å². The van der Waals surface area contributed by atoms with Crippen molar-refractivity contribution in [1.82, 2.24) is 14.9 Å². The summed E-state index contributed by atoms with van der Waals surface area (Å²) in [5, 5.41) is 17.4. The third-order valence-electron chi connectivity index (χ3n) is 2.77. The summed E-state index contributed by atoms with van der Waals surface area (Å²) in [5.74, 6) is 0. The van der Waals surface area contributed by atoms with Gasteiger partial charge in [-0.2, -0.15) is 5.10 Å². The first-order chi connectivity index (χ1) is 8.95. The molecule has 2 aromatic heterocycles. The van der Waals surface area contributed by atoms with Gasteiger partial charge in [-0.25, -0.2) is 13.1 Å². The lowest BCUT2D eigenvalue weighted by Crippen LogP contribution is -2.24. The van der Waals surface area contributed by atoms with Crippen LogP contribution in [-0.2, 0) is 23.2 Å². The summed E-state index contributed by atoms with van der Waals surface area (Å²) in [6.45, 7) is 3.36. The Labute approximate surface area is 115 Å². The Morgan fingerprint density at radius 3 is 2.79 bits per heavy atom. The van der Waals surface area contributed by atoms with Crippen molar-refractivity contribution in [2.24, 2.45) is 0 Å². The van der Waals surface area contributed by atoms with Crippen LogP contribution in [0.5, 0.6) is 0 Å². The molecule has 3 N–H and O–H groups in total. The lowest BCUT2D eigenvalue weighted by molar-refractivity contribution is 0.273. The average Bonchev–Trinajstić information content (AvgIpc) is 2.93. The maximum atomic E-state index is 12.2. The molecule has 0 saturated carbocycles. The van der Waals surface area contributed by atoms with Crippen LogP contribution in [0.1, 0.15) is 21.8 Å². The SMILES string of the molecule is Cc1ccsc1CNS(=O)(=O)c1c(CO)n[nH]c1C. The van der Waals surface area contributed by atoms with Gasteiger partial charge in [-0.1, -0.05) is 0 Å². The summed E-state index contributed by atoms with van der Waals surface area (Å²) in [6.07, 6.45) is 0. The number of rotatable bonds is 5. The van der Waals surface area contributed by atoms with E-state index in [0.29, 0.717) is 5.69 Å². The van der Waals surface area contributed by atoms with E-state index >= 15 is 0 Å². The average molecular weight is 301 g/mol. The van der Waals surface area contributed by atoms with Crippen molar-refractivity contribution >= 4 is 21.4 Å². The third kappa shape index (κ3) is 2.86. The molecule has 0 aromatic carbocycles. The fourth-order valence-corrected chi connectivity index (χ4v) is 4.04. The second-order valence-corrected chi connectivity index (χ2v) is 6.84. The van der Waals surface area contributed by atoms with E-state index in [-0.39, 0.29) is 17.1 Å². The zero-order valence-electron chi connectivity index (χ0n) is 10.6. The first kappa shape index (κ1) is 14.2. The number of hydrogen-bond acceptors (Lipinski definition) is 5. The monoisotopic (exact) mass is 301 g/mol. The van der Waals surface area contributed by atoms with Crippen LogP contribution in [0.15, 0.2) is 16.3 Å². The minimum atomic E-state index is -3.68. The van der Waals surface area contributed by atoms with Crippen molar-refractivity contribution in [3.05, 3.63) is 33.3 Å². The molecule has 2 heterocycles. The normalized spacial score (nSPS) is 11.9. The van der Waals surface area contributed by atoms with E-state index in [4.69, 9.17) is 5.11 Å². The molecule has 2 rings (SSSR count). The van der Waals surface area contributed by atoms with Crippen molar-refractivity contribution in [1.29, 1.82) is 0 Å². The van der Waals surface area contributed by atoms with Crippen molar-refractivity contribution in [2.75, 3.05) is 0 Å². The van der Waals surface area contributed by atoms with E-state index in [1.807, 2.05) is 18.4 Å². The lowest BCUT2D eigenvalue weighted by atomic mass is 10.3. The van der Waals surface area contributed by atoms with Gasteiger partial charge in [0, 0.05) is 11.4 Å². The molecular weight excluding hydrogens is 286 g/mol. The molecule has 2 aromatic rings. The number of nitrogens with one attached hydrogen (secondary N) is 2. The fraction of sp³-hybridized carbons (Fsp3) is 0.364. The van der Waals surface area contributed by atoms with Crippen LogP contribution in [0, 0.1) is 13.8 Å². The number of hydrogen-bond donors (Lipinski definition) is 3. The Bertz CT molecular complexity index is 673. The second kappa shape index (κ2) is 5.41. The van der Waals surface area contributed by atoms with Crippen LogP contribution < -0.4 is 4.72 Å². The standard InChI is InChI=1S/C11H15N3O3S2/c1-7-3-4-18-10(7)5-12-19(16,17)11-8(2)13-14-9(11)6-15/h3-4,12,15H,5-6H2,1-2H3,(H,13,14). The summed E-state index contributed by atoms with van der Waals surface area (Å²) >= 11 is 1.50. The van der Waals surface area contributed by atoms with Crippen LogP contribution in [0.3, 0.4) is 0 Å². The molecule has 104 valence electrons. The first-order valence-corrected chi connectivity index (χ1v) is 7.99. The molecule has 0 saturated heterocycles. The van der Waals surface area contributed by atoms with Gasteiger partial charge < -0.3 is 5.11 Å². The third-order valence-corrected chi connectivity index (χ3v) is 5.40. The number of thiophene rings is 1. The maximum absolute atomic E-state index is 12.2. The minimum Gasteiger partial charge on any atom is -0.390 e. The molecule has 0 aliphatic carbocycles. The quantitative estimate of drug-likeness (QED) is 0.769. The number of nitrogens with zero attached hydrogens (tertiary/aromatic N) is 1. The molecule has 19 heavy (non-hydrogen) atoms. The van der Waals surface area contributed by atoms with E-state index in [0.717, 1.165) is 10.4 Å². The van der Waals surface area contributed by atoms with Crippen LogP contribution in [0.25, 0.3) is 0 Å². The smallest absolute Gasteiger partial charge is 0.244 e. The Morgan fingerprint density at radius 1 is 1.47 bits per heavy atom. The van der Waals surface area contributed by atoms with E-state index in [2.05, 4.69) is 14.9 Å². The Morgan fingerprint density at radius 2 is 2.21 bits per heavy atom. The number of sulfonamides is 1. The van der Waals surface area contributed by atoms with Crippen LogP contribution in [-0.4, -0.2) is 23.7 Å². The second-order valence-electron chi connectivity index (χ2n) is 4.13. The summed E-state index contributed by atoms with van der Waals surface area (Å²) in [7, 11) is -3.68. The van der Waals surface area contributed by atoms with Crippen LogP contribution in [0.4, 0.5) is 0 Å². The topological polar surface area (TPSA) is 95.1 Å².